The molecule has 0 unspecified atom stereocenters. The molecule has 7 nitrogen and oxygen atoms in total. The first-order valence-electron chi connectivity index (χ1n) is 10.4. The number of rotatable bonds is 6. The Kier molecular flexibility index (Phi) is 6.74. The Bertz CT molecular complexity index is 1030. The SMILES string of the molecule is C[C@H](Sc1ccc2c(c1)OCCCO2)C(=O)Nc1ccc(S(=O)(=O)N2CCCC2)cc1. The molecule has 0 aromatic heterocycles. The number of ether oxygens (including phenoxy) is 2. The molecule has 1 fully saturated rings. The summed E-state index contributed by atoms with van der Waals surface area (Å²) >= 11 is 1.42. The second-order valence-electron chi connectivity index (χ2n) is 7.54. The fourth-order valence-electron chi connectivity index (χ4n) is 3.51. The monoisotopic (exact) mass is 462 g/mol. The van der Waals surface area contributed by atoms with Gasteiger partial charge >= 0.3 is 0 Å². The third-order valence-corrected chi connectivity index (χ3v) is 8.23. The van der Waals surface area contributed by atoms with Gasteiger partial charge in [0.1, 0.15) is 0 Å². The van der Waals surface area contributed by atoms with Gasteiger partial charge in [0.15, 0.2) is 11.5 Å². The third kappa shape index (κ3) is 5.16. The van der Waals surface area contributed by atoms with Crippen LogP contribution in [0.4, 0.5) is 5.69 Å². The van der Waals surface area contributed by atoms with E-state index in [2.05, 4.69) is 5.32 Å². The van der Waals surface area contributed by atoms with Gasteiger partial charge in [-0.15, -0.1) is 11.8 Å². The summed E-state index contributed by atoms with van der Waals surface area (Å²) in [7, 11) is -3.46. The molecule has 166 valence electrons. The Hall–Kier alpha value is -2.23. The molecule has 31 heavy (non-hydrogen) atoms. The number of thioether (sulfide) groups is 1. The van der Waals surface area contributed by atoms with Gasteiger partial charge in [-0.05, 0) is 62.2 Å². The zero-order valence-electron chi connectivity index (χ0n) is 17.4. The summed E-state index contributed by atoms with van der Waals surface area (Å²) in [6, 6.07) is 12.0. The van der Waals surface area contributed by atoms with Gasteiger partial charge in [0.25, 0.3) is 0 Å². The van der Waals surface area contributed by atoms with Gasteiger partial charge in [-0.2, -0.15) is 4.31 Å². The van der Waals surface area contributed by atoms with Crippen LogP contribution in [0.2, 0.25) is 0 Å². The number of nitrogens with one attached hydrogen (secondary N) is 1. The van der Waals surface area contributed by atoms with Crippen LogP contribution in [0.3, 0.4) is 0 Å². The van der Waals surface area contributed by atoms with Gasteiger partial charge in [0.05, 0.1) is 23.4 Å². The molecule has 2 aliphatic heterocycles. The molecule has 2 heterocycles. The van der Waals surface area contributed by atoms with Gasteiger partial charge in [-0.1, -0.05) is 0 Å². The first-order chi connectivity index (χ1) is 14.9. The topological polar surface area (TPSA) is 84.9 Å². The fraction of sp³-hybridized carbons (Fsp3) is 0.409. The van der Waals surface area contributed by atoms with E-state index in [-0.39, 0.29) is 16.1 Å². The molecule has 0 bridgehead atoms. The van der Waals surface area contributed by atoms with Crippen molar-refractivity contribution in [3.05, 3.63) is 42.5 Å². The van der Waals surface area contributed by atoms with Gasteiger partial charge in [0, 0.05) is 30.1 Å². The summed E-state index contributed by atoms with van der Waals surface area (Å²) in [4.78, 5) is 13.8. The average Bonchev–Trinajstić information content (AvgIpc) is 3.21. The number of carbonyl (C=O) groups excluding carboxylic acids is 1. The Balaban J connectivity index is 1.37. The number of anilines is 1. The lowest BCUT2D eigenvalue weighted by Gasteiger charge is -2.16. The molecule has 1 atom stereocenters. The highest BCUT2D eigenvalue weighted by atomic mass is 32.2. The highest BCUT2D eigenvalue weighted by molar-refractivity contribution is 8.00. The number of hydrogen-bond acceptors (Lipinski definition) is 6. The predicted molar refractivity (Wildman–Crippen MR) is 120 cm³/mol. The molecule has 2 aromatic carbocycles. The fourth-order valence-corrected chi connectivity index (χ4v) is 5.92. The number of nitrogens with zero attached hydrogens (tertiary/aromatic N) is 1. The maximum atomic E-state index is 12.6. The van der Waals surface area contributed by atoms with Gasteiger partial charge in [-0.25, -0.2) is 8.42 Å². The Morgan fingerprint density at radius 1 is 1.00 bits per heavy atom. The molecular weight excluding hydrogens is 436 g/mol. The molecule has 1 amide bonds. The van der Waals surface area contributed by atoms with Crippen LogP contribution in [0.25, 0.3) is 0 Å². The van der Waals surface area contributed by atoms with Crippen LogP contribution < -0.4 is 14.8 Å². The molecule has 9 heteroatoms. The zero-order valence-corrected chi connectivity index (χ0v) is 19.0. The number of sulfonamides is 1. The average molecular weight is 463 g/mol. The largest absolute Gasteiger partial charge is 0.490 e. The molecule has 1 N–H and O–H groups in total. The molecular formula is C22H26N2O5S2. The second-order valence-corrected chi connectivity index (χ2v) is 10.9. The van der Waals surface area contributed by atoms with Gasteiger partial charge in [-0.3, -0.25) is 4.79 Å². The van der Waals surface area contributed by atoms with Crippen molar-refractivity contribution in [1.82, 2.24) is 4.31 Å². The smallest absolute Gasteiger partial charge is 0.243 e. The maximum Gasteiger partial charge on any atom is 0.243 e. The van der Waals surface area contributed by atoms with E-state index in [1.54, 1.807) is 24.3 Å². The van der Waals surface area contributed by atoms with E-state index in [0.29, 0.717) is 37.7 Å². The van der Waals surface area contributed by atoms with E-state index in [1.165, 1.54) is 16.1 Å². The van der Waals surface area contributed by atoms with Crippen molar-refractivity contribution in [2.75, 3.05) is 31.6 Å². The summed E-state index contributed by atoms with van der Waals surface area (Å²) in [5.41, 5.74) is 0.566. The van der Waals surface area contributed by atoms with E-state index in [4.69, 9.17) is 9.47 Å². The molecule has 4 rings (SSSR count). The molecule has 0 radical (unpaired) electrons. The maximum absolute atomic E-state index is 12.6. The van der Waals surface area contributed by atoms with Crippen LogP contribution in [0.15, 0.2) is 52.3 Å². The third-order valence-electron chi connectivity index (χ3n) is 5.23. The summed E-state index contributed by atoms with van der Waals surface area (Å²) in [5, 5.41) is 2.51. The normalized spacial score (nSPS) is 17.7. The lowest BCUT2D eigenvalue weighted by molar-refractivity contribution is -0.115. The number of amides is 1. The van der Waals surface area contributed by atoms with E-state index < -0.39 is 10.0 Å². The second kappa shape index (κ2) is 9.50. The van der Waals surface area contributed by atoms with Crippen LogP contribution in [0.1, 0.15) is 26.2 Å². The Morgan fingerprint density at radius 3 is 2.39 bits per heavy atom. The molecule has 0 saturated carbocycles. The lowest BCUT2D eigenvalue weighted by Crippen LogP contribution is -2.27. The summed E-state index contributed by atoms with van der Waals surface area (Å²) in [6.45, 7) is 4.21. The van der Waals surface area contributed by atoms with Gasteiger partial charge in [0.2, 0.25) is 15.9 Å². The number of benzene rings is 2. The number of hydrogen-bond donors (Lipinski definition) is 1. The molecule has 0 aliphatic carbocycles. The Labute approximate surface area is 187 Å². The van der Waals surface area contributed by atoms with E-state index in [1.807, 2.05) is 25.1 Å². The first kappa shape index (κ1) is 22.0. The summed E-state index contributed by atoms with van der Waals surface area (Å²) in [5.74, 6) is 1.26. The minimum Gasteiger partial charge on any atom is -0.490 e. The highest BCUT2D eigenvalue weighted by Gasteiger charge is 2.27. The molecule has 0 spiro atoms. The van der Waals surface area contributed by atoms with Crippen LogP contribution in [0, 0.1) is 0 Å². The first-order valence-corrected chi connectivity index (χ1v) is 12.7. The van der Waals surface area contributed by atoms with E-state index in [9.17, 15) is 13.2 Å². The van der Waals surface area contributed by atoms with Crippen molar-refractivity contribution in [1.29, 1.82) is 0 Å². The van der Waals surface area contributed by atoms with Crippen molar-refractivity contribution >= 4 is 33.4 Å². The van der Waals surface area contributed by atoms with Crippen molar-refractivity contribution in [2.24, 2.45) is 0 Å². The van der Waals surface area contributed by atoms with Crippen molar-refractivity contribution < 1.29 is 22.7 Å². The van der Waals surface area contributed by atoms with Crippen LogP contribution in [-0.2, 0) is 14.8 Å². The highest BCUT2D eigenvalue weighted by Crippen LogP contribution is 2.35. The van der Waals surface area contributed by atoms with E-state index >= 15 is 0 Å². The minimum atomic E-state index is -3.46. The van der Waals surface area contributed by atoms with Crippen molar-refractivity contribution in [3.63, 3.8) is 0 Å². The summed E-state index contributed by atoms with van der Waals surface area (Å²) in [6.07, 6.45) is 2.63. The Morgan fingerprint density at radius 2 is 1.68 bits per heavy atom. The minimum absolute atomic E-state index is 0.160. The molecule has 1 saturated heterocycles. The predicted octanol–water partition coefficient (Wildman–Crippen LogP) is 3.75. The number of carbonyl (C=O) groups is 1. The van der Waals surface area contributed by atoms with Crippen molar-refractivity contribution in [3.8, 4) is 11.5 Å². The standard InChI is InChI=1S/C22H26N2O5S2/c1-16(30-18-7-10-20-21(15-18)29-14-4-13-28-20)22(25)23-17-5-8-19(9-6-17)31(26,27)24-11-2-3-12-24/h5-10,15-16H,2-4,11-14H2,1H3,(H,23,25)/t16-/m0/s1. The molecule has 2 aromatic rings. The van der Waals surface area contributed by atoms with E-state index in [0.717, 1.165) is 29.9 Å². The quantitative estimate of drug-likeness (QED) is 0.658. The van der Waals surface area contributed by atoms with Gasteiger partial charge < -0.3 is 14.8 Å². The summed E-state index contributed by atoms with van der Waals surface area (Å²) < 4.78 is 38.1. The van der Waals surface area contributed by atoms with Crippen molar-refractivity contribution in [2.45, 2.75) is 41.2 Å². The zero-order chi connectivity index (χ0) is 21.8. The lowest BCUT2D eigenvalue weighted by atomic mass is 10.3. The van der Waals surface area contributed by atoms with Crippen LogP contribution in [0.5, 0.6) is 11.5 Å². The van der Waals surface area contributed by atoms with Crippen LogP contribution in [-0.4, -0.2) is 50.2 Å². The number of fused-ring (bicyclic) bond motifs is 1. The van der Waals surface area contributed by atoms with Crippen LogP contribution >= 0.6 is 11.8 Å². The molecule has 2 aliphatic rings.